The topological polar surface area (TPSA) is 52.6 Å². The van der Waals surface area contributed by atoms with Crippen LogP contribution in [0.25, 0.3) is 0 Å². The van der Waals surface area contributed by atoms with Crippen molar-refractivity contribution in [2.75, 3.05) is 31.6 Å². The molecule has 18 heavy (non-hydrogen) atoms. The Labute approximate surface area is 108 Å². The number of para-hydroxylation sites is 1. The number of fused-ring (bicyclic) bond motifs is 1. The molecular formula is C14H20N2O2. The largest absolute Gasteiger partial charge is 0.396 e. The van der Waals surface area contributed by atoms with E-state index in [4.69, 9.17) is 5.11 Å². The molecule has 1 aliphatic heterocycles. The monoisotopic (exact) mass is 248 g/mol. The molecule has 1 heterocycles. The van der Waals surface area contributed by atoms with Gasteiger partial charge in [-0.3, -0.25) is 4.79 Å². The molecule has 1 aliphatic rings. The quantitative estimate of drug-likeness (QED) is 0.828. The van der Waals surface area contributed by atoms with Crippen molar-refractivity contribution in [3.63, 3.8) is 0 Å². The summed E-state index contributed by atoms with van der Waals surface area (Å²) in [7, 11) is 0. The second kappa shape index (κ2) is 5.87. The molecule has 0 bridgehead atoms. The maximum Gasteiger partial charge on any atom is 0.231 e. The van der Waals surface area contributed by atoms with E-state index in [0.29, 0.717) is 26.1 Å². The highest BCUT2D eigenvalue weighted by atomic mass is 16.3. The normalized spacial score (nSPS) is 17.1. The van der Waals surface area contributed by atoms with E-state index in [1.807, 2.05) is 36.1 Å². The number of nitrogens with one attached hydrogen (secondary N) is 1. The second-order valence-electron chi connectivity index (χ2n) is 4.52. The Morgan fingerprint density at radius 2 is 2.28 bits per heavy atom. The molecule has 0 saturated carbocycles. The summed E-state index contributed by atoms with van der Waals surface area (Å²) in [6.45, 7) is 4.10. The summed E-state index contributed by atoms with van der Waals surface area (Å²) in [5.74, 6) is 0.0724. The van der Waals surface area contributed by atoms with Crippen LogP contribution in [0.1, 0.15) is 24.8 Å². The minimum atomic E-state index is -0.0835. The summed E-state index contributed by atoms with van der Waals surface area (Å²) in [4.78, 5) is 14.3. The third kappa shape index (κ3) is 2.48. The molecule has 98 valence electrons. The van der Waals surface area contributed by atoms with Gasteiger partial charge in [-0.1, -0.05) is 18.2 Å². The number of amides is 1. The van der Waals surface area contributed by atoms with Gasteiger partial charge in [0, 0.05) is 31.9 Å². The summed E-state index contributed by atoms with van der Waals surface area (Å²) in [5, 5.41) is 12.1. The van der Waals surface area contributed by atoms with Gasteiger partial charge in [-0.15, -0.1) is 0 Å². The van der Waals surface area contributed by atoms with E-state index in [1.54, 1.807) is 0 Å². The SMILES string of the molecule is CCN(CCCO)C(=O)C1CNc2ccccc21. The first-order valence-corrected chi connectivity index (χ1v) is 6.50. The van der Waals surface area contributed by atoms with Crippen LogP contribution >= 0.6 is 0 Å². The summed E-state index contributed by atoms with van der Waals surface area (Å²) in [5.41, 5.74) is 2.15. The van der Waals surface area contributed by atoms with Gasteiger partial charge in [0.25, 0.3) is 0 Å². The lowest BCUT2D eigenvalue weighted by atomic mass is 10.00. The highest BCUT2D eigenvalue weighted by Crippen LogP contribution is 2.32. The third-order valence-electron chi connectivity index (χ3n) is 3.41. The van der Waals surface area contributed by atoms with Crippen molar-refractivity contribution in [3.8, 4) is 0 Å². The zero-order chi connectivity index (χ0) is 13.0. The molecule has 1 atom stereocenters. The number of aliphatic hydroxyl groups is 1. The zero-order valence-corrected chi connectivity index (χ0v) is 10.7. The molecule has 2 rings (SSSR count). The molecule has 4 nitrogen and oxygen atoms in total. The predicted molar refractivity (Wildman–Crippen MR) is 71.6 cm³/mol. The lowest BCUT2D eigenvalue weighted by Gasteiger charge is -2.24. The van der Waals surface area contributed by atoms with Crippen LogP contribution in [0.15, 0.2) is 24.3 Å². The number of benzene rings is 1. The summed E-state index contributed by atoms with van der Waals surface area (Å²) in [6.07, 6.45) is 0.640. The Morgan fingerprint density at radius 3 is 3.00 bits per heavy atom. The first kappa shape index (κ1) is 12.9. The van der Waals surface area contributed by atoms with Gasteiger partial charge in [0.05, 0.1) is 5.92 Å². The van der Waals surface area contributed by atoms with Gasteiger partial charge in [0.15, 0.2) is 0 Å². The molecule has 4 heteroatoms. The van der Waals surface area contributed by atoms with Gasteiger partial charge < -0.3 is 15.3 Å². The van der Waals surface area contributed by atoms with Gasteiger partial charge in [-0.2, -0.15) is 0 Å². The van der Waals surface area contributed by atoms with Crippen molar-refractivity contribution >= 4 is 11.6 Å². The van der Waals surface area contributed by atoms with Gasteiger partial charge in [-0.05, 0) is 25.0 Å². The molecular weight excluding hydrogens is 228 g/mol. The highest BCUT2D eigenvalue weighted by Gasteiger charge is 2.30. The fraction of sp³-hybridized carbons (Fsp3) is 0.500. The Balaban J connectivity index is 2.10. The molecule has 1 amide bonds. The predicted octanol–water partition coefficient (Wildman–Crippen LogP) is 1.43. The molecule has 1 unspecified atom stereocenters. The van der Waals surface area contributed by atoms with Crippen LogP contribution in [0.3, 0.4) is 0 Å². The lowest BCUT2D eigenvalue weighted by molar-refractivity contribution is -0.132. The van der Waals surface area contributed by atoms with Crippen LogP contribution in [-0.2, 0) is 4.79 Å². The smallest absolute Gasteiger partial charge is 0.231 e. The number of anilines is 1. The Bertz CT molecular complexity index is 420. The Hall–Kier alpha value is -1.55. The molecule has 0 aromatic heterocycles. The highest BCUT2D eigenvalue weighted by molar-refractivity contribution is 5.88. The zero-order valence-electron chi connectivity index (χ0n) is 10.7. The van der Waals surface area contributed by atoms with Crippen molar-refractivity contribution in [2.24, 2.45) is 0 Å². The molecule has 0 fully saturated rings. The minimum Gasteiger partial charge on any atom is -0.396 e. The van der Waals surface area contributed by atoms with Crippen molar-refractivity contribution in [1.82, 2.24) is 4.90 Å². The van der Waals surface area contributed by atoms with Crippen LogP contribution in [-0.4, -0.2) is 42.2 Å². The van der Waals surface area contributed by atoms with Gasteiger partial charge in [-0.25, -0.2) is 0 Å². The van der Waals surface area contributed by atoms with Crippen LogP contribution in [0.4, 0.5) is 5.69 Å². The molecule has 0 spiro atoms. The van der Waals surface area contributed by atoms with Crippen molar-refractivity contribution in [1.29, 1.82) is 0 Å². The van der Waals surface area contributed by atoms with E-state index in [1.165, 1.54) is 0 Å². The molecule has 1 aromatic rings. The van der Waals surface area contributed by atoms with E-state index in [0.717, 1.165) is 11.3 Å². The number of likely N-dealkylation sites (N-methyl/N-ethyl adjacent to an activating group) is 1. The van der Waals surface area contributed by atoms with E-state index in [9.17, 15) is 4.79 Å². The second-order valence-corrected chi connectivity index (χ2v) is 4.52. The summed E-state index contributed by atoms with van der Waals surface area (Å²) in [6, 6.07) is 7.96. The standard InChI is InChI=1S/C14H20N2O2/c1-2-16(8-5-9-17)14(18)12-10-15-13-7-4-3-6-11(12)13/h3-4,6-7,12,15,17H,2,5,8-10H2,1H3. The maximum atomic E-state index is 12.4. The molecule has 0 aliphatic carbocycles. The van der Waals surface area contributed by atoms with E-state index in [2.05, 4.69) is 5.32 Å². The van der Waals surface area contributed by atoms with Crippen molar-refractivity contribution in [2.45, 2.75) is 19.3 Å². The fourth-order valence-corrected chi connectivity index (χ4v) is 2.41. The van der Waals surface area contributed by atoms with Crippen LogP contribution in [0, 0.1) is 0 Å². The fourth-order valence-electron chi connectivity index (χ4n) is 2.41. The first-order valence-electron chi connectivity index (χ1n) is 6.50. The number of rotatable bonds is 5. The maximum absolute atomic E-state index is 12.4. The summed E-state index contributed by atoms with van der Waals surface area (Å²) >= 11 is 0. The molecule has 0 saturated heterocycles. The lowest BCUT2D eigenvalue weighted by Crippen LogP contribution is -2.36. The number of carbonyl (C=O) groups is 1. The number of carbonyl (C=O) groups excluding carboxylic acids is 1. The molecule has 0 radical (unpaired) electrons. The average molecular weight is 248 g/mol. The van der Waals surface area contributed by atoms with Crippen molar-refractivity contribution in [3.05, 3.63) is 29.8 Å². The number of hydrogen-bond acceptors (Lipinski definition) is 3. The number of aliphatic hydroxyl groups excluding tert-OH is 1. The Morgan fingerprint density at radius 1 is 1.50 bits per heavy atom. The van der Waals surface area contributed by atoms with Crippen LogP contribution < -0.4 is 5.32 Å². The van der Waals surface area contributed by atoms with E-state index < -0.39 is 0 Å². The Kier molecular flexibility index (Phi) is 4.20. The first-order chi connectivity index (χ1) is 8.77. The minimum absolute atomic E-state index is 0.0835. The van der Waals surface area contributed by atoms with Crippen molar-refractivity contribution < 1.29 is 9.90 Å². The van der Waals surface area contributed by atoms with E-state index in [-0.39, 0.29) is 18.4 Å². The summed E-state index contributed by atoms with van der Waals surface area (Å²) < 4.78 is 0. The van der Waals surface area contributed by atoms with Gasteiger partial charge in [0.1, 0.15) is 0 Å². The van der Waals surface area contributed by atoms with E-state index >= 15 is 0 Å². The van der Waals surface area contributed by atoms with Gasteiger partial charge in [0.2, 0.25) is 5.91 Å². The van der Waals surface area contributed by atoms with Crippen LogP contribution in [0.2, 0.25) is 0 Å². The average Bonchev–Trinajstić information content (AvgIpc) is 2.83. The molecule has 1 aromatic carbocycles. The van der Waals surface area contributed by atoms with Gasteiger partial charge >= 0.3 is 0 Å². The molecule has 2 N–H and O–H groups in total. The van der Waals surface area contributed by atoms with Crippen LogP contribution in [0.5, 0.6) is 0 Å². The third-order valence-corrected chi connectivity index (χ3v) is 3.41. The number of nitrogens with zero attached hydrogens (tertiary/aromatic N) is 1. The number of hydrogen-bond donors (Lipinski definition) is 2.